The van der Waals surface area contributed by atoms with Crippen molar-refractivity contribution >= 4 is 11.5 Å². The van der Waals surface area contributed by atoms with Crippen molar-refractivity contribution in [2.75, 3.05) is 0 Å². The van der Waals surface area contributed by atoms with Gasteiger partial charge in [-0.25, -0.2) is 9.38 Å². The first-order chi connectivity index (χ1) is 12.6. The highest BCUT2D eigenvalue weighted by Crippen LogP contribution is 2.34. The van der Waals surface area contributed by atoms with E-state index in [9.17, 15) is 0 Å². The van der Waals surface area contributed by atoms with Crippen LogP contribution in [0.25, 0.3) is 33.0 Å². The molecule has 0 bridgehead atoms. The average Bonchev–Trinajstić information content (AvgIpc) is 3.21. The van der Waals surface area contributed by atoms with E-state index in [4.69, 9.17) is 11.7 Å². The summed E-state index contributed by atoms with van der Waals surface area (Å²) in [5.41, 5.74) is 6.62. The molecule has 0 aliphatic carbocycles. The largest absolute Gasteiger partial charge is 0.362 e. The number of aryl methyl sites for hydroxylation is 2. The van der Waals surface area contributed by atoms with E-state index < -0.39 is 0 Å². The molecule has 26 heavy (non-hydrogen) atoms. The van der Waals surface area contributed by atoms with Crippen molar-refractivity contribution in [2.45, 2.75) is 20.3 Å². The first kappa shape index (κ1) is 16.0. The van der Waals surface area contributed by atoms with Gasteiger partial charge in [-0.3, -0.25) is 9.67 Å². The SMILES string of the molecule is [C-]#[N+]c1cnc2ccc(-c3c(-c4cccc(C)n4)nn(C)c3CC)cn12. The Labute approximate surface area is 151 Å². The fourth-order valence-electron chi connectivity index (χ4n) is 3.32. The molecule has 4 rings (SSSR count). The maximum absolute atomic E-state index is 7.34. The Morgan fingerprint density at radius 3 is 2.77 bits per heavy atom. The quantitative estimate of drug-likeness (QED) is 0.524. The number of rotatable bonds is 3. The van der Waals surface area contributed by atoms with E-state index in [2.05, 4.69) is 21.7 Å². The highest BCUT2D eigenvalue weighted by molar-refractivity contribution is 5.82. The topological polar surface area (TPSA) is 52.4 Å². The molecule has 4 aromatic rings. The van der Waals surface area contributed by atoms with Crippen LogP contribution in [0.15, 0.2) is 42.7 Å². The van der Waals surface area contributed by atoms with Crippen molar-refractivity contribution in [1.29, 1.82) is 0 Å². The minimum atomic E-state index is 0.499. The molecule has 0 aliphatic rings. The van der Waals surface area contributed by atoms with Gasteiger partial charge in [0.25, 0.3) is 5.82 Å². The smallest absolute Gasteiger partial charge is 0.254 e. The Kier molecular flexibility index (Phi) is 3.77. The number of imidazole rings is 1. The van der Waals surface area contributed by atoms with Crippen molar-refractivity contribution < 1.29 is 0 Å². The summed E-state index contributed by atoms with van der Waals surface area (Å²) in [5, 5.41) is 4.75. The van der Waals surface area contributed by atoms with Gasteiger partial charge in [0.15, 0.2) is 0 Å². The summed E-state index contributed by atoms with van der Waals surface area (Å²) in [6.45, 7) is 11.4. The Morgan fingerprint density at radius 1 is 1.19 bits per heavy atom. The van der Waals surface area contributed by atoms with Crippen LogP contribution in [-0.2, 0) is 13.5 Å². The van der Waals surface area contributed by atoms with Gasteiger partial charge in [-0.1, -0.05) is 19.6 Å². The molecule has 128 valence electrons. The van der Waals surface area contributed by atoms with Gasteiger partial charge in [0.1, 0.15) is 5.69 Å². The van der Waals surface area contributed by atoms with Gasteiger partial charge in [-0.2, -0.15) is 5.10 Å². The van der Waals surface area contributed by atoms with E-state index in [1.165, 1.54) is 0 Å². The lowest BCUT2D eigenvalue weighted by atomic mass is 10.0. The number of aromatic nitrogens is 5. The van der Waals surface area contributed by atoms with Crippen molar-refractivity contribution in [2.24, 2.45) is 7.05 Å². The van der Waals surface area contributed by atoms with Crippen LogP contribution in [0.2, 0.25) is 0 Å². The Bertz CT molecular complexity index is 1160. The predicted molar refractivity (Wildman–Crippen MR) is 101 cm³/mol. The van der Waals surface area contributed by atoms with Crippen LogP contribution >= 0.6 is 0 Å². The van der Waals surface area contributed by atoms with E-state index in [-0.39, 0.29) is 0 Å². The number of fused-ring (bicyclic) bond motifs is 1. The molecule has 6 nitrogen and oxygen atoms in total. The molecule has 0 amide bonds. The molecule has 4 aromatic heterocycles. The maximum atomic E-state index is 7.34. The normalized spacial score (nSPS) is 11.0. The summed E-state index contributed by atoms with van der Waals surface area (Å²) in [7, 11) is 1.96. The molecule has 0 radical (unpaired) electrons. The Balaban J connectivity index is 2.00. The second-order valence-electron chi connectivity index (χ2n) is 6.19. The van der Waals surface area contributed by atoms with Crippen LogP contribution in [0.5, 0.6) is 0 Å². The van der Waals surface area contributed by atoms with Gasteiger partial charge in [-0.05, 0) is 31.5 Å². The van der Waals surface area contributed by atoms with E-state index in [1.54, 1.807) is 6.20 Å². The number of hydrogen-bond acceptors (Lipinski definition) is 3. The molecular formula is C20H18N6. The van der Waals surface area contributed by atoms with Crippen molar-refractivity contribution in [1.82, 2.24) is 24.1 Å². The average molecular weight is 342 g/mol. The molecule has 0 aliphatic heterocycles. The molecule has 0 saturated heterocycles. The molecule has 0 unspecified atom stereocenters. The molecule has 0 fully saturated rings. The third-order valence-corrected chi connectivity index (χ3v) is 4.52. The summed E-state index contributed by atoms with van der Waals surface area (Å²) < 4.78 is 3.74. The molecule has 0 aromatic carbocycles. The molecule has 0 spiro atoms. The second kappa shape index (κ2) is 6.12. The molecule has 6 heteroatoms. The lowest BCUT2D eigenvalue weighted by Crippen LogP contribution is -1.97. The van der Waals surface area contributed by atoms with E-state index in [0.717, 1.165) is 46.0 Å². The minimum absolute atomic E-state index is 0.499. The van der Waals surface area contributed by atoms with Crippen LogP contribution in [0.1, 0.15) is 18.3 Å². The standard InChI is InChI=1S/C20H18N6/c1-5-16-19(14-9-10-17-22-11-18(21-3)26(17)12-14)20(24-25(16)4)15-8-6-7-13(2)23-15/h6-12H,5H2,1-2,4H3. The molecule has 0 atom stereocenters. The zero-order valence-corrected chi connectivity index (χ0v) is 14.9. The van der Waals surface area contributed by atoms with Crippen LogP contribution in [0, 0.1) is 13.5 Å². The Morgan fingerprint density at radius 2 is 2.04 bits per heavy atom. The van der Waals surface area contributed by atoms with Gasteiger partial charge in [0.2, 0.25) is 5.65 Å². The lowest BCUT2D eigenvalue weighted by molar-refractivity contribution is 0.720. The van der Waals surface area contributed by atoms with Gasteiger partial charge in [0, 0.05) is 35.6 Å². The number of nitrogens with zero attached hydrogens (tertiary/aromatic N) is 6. The number of hydrogen-bond donors (Lipinski definition) is 0. The van der Waals surface area contributed by atoms with Gasteiger partial charge in [-0.15, -0.1) is 0 Å². The highest BCUT2D eigenvalue weighted by Gasteiger charge is 2.20. The number of pyridine rings is 2. The van der Waals surface area contributed by atoms with Gasteiger partial charge >= 0.3 is 0 Å². The van der Waals surface area contributed by atoms with Crippen LogP contribution in [-0.4, -0.2) is 24.1 Å². The monoisotopic (exact) mass is 342 g/mol. The second-order valence-corrected chi connectivity index (χ2v) is 6.19. The zero-order valence-electron chi connectivity index (χ0n) is 14.9. The van der Waals surface area contributed by atoms with Gasteiger partial charge < -0.3 is 4.85 Å². The maximum Gasteiger partial charge on any atom is 0.254 e. The lowest BCUT2D eigenvalue weighted by Gasteiger charge is -2.06. The predicted octanol–water partition coefficient (Wildman–Crippen LogP) is 4.22. The Hall–Kier alpha value is -3.46. The molecular weight excluding hydrogens is 324 g/mol. The summed E-state index contributed by atoms with van der Waals surface area (Å²) in [6, 6.07) is 9.93. The summed E-state index contributed by atoms with van der Waals surface area (Å²) >= 11 is 0. The first-order valence-electron chi connectivity index (χ1n) is 8.47. The van der Waals surface area contributed by atoms with E-state index >= 15 is 0 Å². The van der Waals surface area contributed by atoms with Crippen LogP contribution < -0.4 is 0 Å². The summed E-state index contributed by atoms with van der Waals surface area (Å²) in [6.07, 6.45) is 4.41. The van der Waals surface area contributed by atoms with Crippen LogP contribution in [0.4, 0.5) is 5.82 Å². The third kappa shape index (κ3) is 2.45. The van der Waals surface area contributed by atoms with E-state index in [0.29, 0.717) is 5.82 Å². The third-order valence-electron chi connectivity index (χ3n) is 4.52. The van der Waals surface area contributed by atoms with Crippen molar-refractivity contribution in [3.63, 3.8) is 0 Å². The van der Waals surface area contributed by atoms with Crippen molar-refractivity contribution in [3.05, 3.63) is 65.5 Å². The fraction of sp³-hybridized carbons (Fsp3) is 0.200. The summed E-state index contributed by atoms with van der Waals surface area (Å²) in [5.74, 6) is 0.499. The molecule has 4 heterocycles. The zero-order chi connectivity index (χ0) is 18.3. The van der Waals surface area contributed by atoms with E-state index in [1.807, 2.05) is 59.6 Å². The van der Waals surface area contributed by atoms with Crippen molar-refractivity contribution in [3.8, 4) is 22.5 Å². The fourth-order valence-corrected chi connectivity index (χ4v) is 3.32. The molecule has 0 saturated carbocycles. The highest BCUT2D eigenvalue weighted by atomic mass is 15.3. The van der Waals surface area contributed by atoms with Gasteiger partial charge in [0.05, 0.1) is 18.1 Å². The van der Waals surface area contributed by atoms with Crippen LogP contribution in [0.3, 0.4) is 0 Å². The minimum Gasteiger partial charge on any atom is -0.362 e. The summed E-state index contributed by atoms with van der Waals surface area (Å²) in [4.78, 5) is 12.5. The molecule has 0 N–H and O–H groups in total. The first-order valence-corrected chi connectivity index (χ1v) is 8.47.